The second-order valence-corrected chi connectivity index (χ2v) is 6.78. The first-order valence-corrected chi connectivity index (χ1v) is 7.43. The van der Waals surface area contributed by atoms with Crippen molar-refractivity contribution >= 4 is 11.6 Å². The van der Waals surface area contributed by atoms with Crippen LogP contribution in [0, 0.1) is 5.41 Å². The van der Waals surface area contributed by atoms with Crippen molar-refractivity contribution in [2.75, 3.05) is 6.61 Å². The smallest absolute Gasteiger partial charge is 0.0832 e. The Kier molecular flexibility index (Phi) is 3.38. The van der Waals surface area contributed by atoms with Gasteiger partial charge in [0.25, 0.3) is 0 Å². The molecular formula is C16H21ClO. The fraction of sp³-hybridized carbons (Fsp3) is 0.625. The number of ether oxygens (including phenoxy) is 1. The molecule has 1 aliphatic carbocycles. The van der Waals surface area contributed by atoms with E-state index in [0.717, 1.165) is 32.3 Å². The Labute approximate surface area is 114 Å². The summed E-state index contributed by atoms with van der Waals surface area (Å²) in [6.07, 6.45) is 5.99. The average molecular weight is 265 g/mol. The number of hydrogen-bond acceptors (Lipinski definition) is 1. The summed E-state index contributed by atoms with van der Waals surface area (Å²) in [5.41, 5.74) is 3.24. The Morgan fingerprint density at radius 3 is 3.00 bits per heavy atom. The van der Waals surface area contributed by atoms with Crippen LogP contribution >= 0.6 is 11.6 Å². The average Bonchev–Trinajstić information content (AvgIpc) is 2.70. The van der Waals surface area contributed by atoms with Crippen LogP contribution in [0.25, 0.3) is 0 Å². The van der Waals surface area contributed by atoms with Gasteiger partial charge in [0.05, 0.1) is 12.7 Å². The number of alkyl halides is 1. The van der Waals surface area contributed by atoms with Crippen LogP contribution < -0.4 is 0 Å². The molecule has 0 amide bonds. The normalized spacial score (nSPS) is 35.4. The minimum absolute atomic E-state index is 0.280. The fourth-order valence-corrected chi connectivity index (χ4v) is 4.00. The van der Waals surface area contributed by atoms with Crippen molar-refractivity contribution in [3.63, 3.8) is 0 Å². The van der Waals surface area contributed by atoms with Crippen molar-refractivity contribution in [2.45, 2.75) is 50.5 Å². The van der Waals surface area contributed by atoms with Crippen LogP contribution in [-0.2, 0) is 11.2 Å². The maximum absolute atomic E-state index is 6.27. The molecule has 0 N–H and O–H groups in total. The molecule has 1 heterocycles. The van der Waals surface area contributed by atoms with E-state index in [-0.39, 0.29) is 6.10 Å². The van der Waals surface area contributed by atoms with E-state index >= 15 is 0 Å². The highest BCUT2D eigenvalue weighted by molar-refractivity contribution is 6.20. The lowest BCUT2D eigenvalue weighted by molar-refractivity contribution is 0.00984. The molecule has 3 unspecified atom stereocenters. The molecule has 3 rings (SSSR count). The van der Waals surface area contributed by atoms with Crippen LogP contribution in [0.15, 0.2) is 24.3 Å². The molecule has 2 aliphatic rings. The summed E-state index contributed by atoms with van der Waals surface area (Å²) in [7, 11) is 0. The van der Waals surface area contributed by atoms with Crippen LogP contribution in [0.5, 0.6) is 0 Å². The fourth-order valence-electron chi connectivity index (χ4n) is 3.52. The van der Waals surface area contributed by atoms with E-state index in [2.05, 4.69) is 31.2 Å². The van der Waals surface area contributed by atoms with Gasteiger partial charge < -0.3 is 4.74 Å². The highest BCUT2D eigenvalue weighted by atomic mass is 35.5. The van der Waals surface area contributed by atoms with Gasteiger partial charge in [0.15, 0.2) is 0 Å². The van der Waals surface area contributed by atoms with E-state index in [0.29, 0.717) is 10.8 Å². The lowest BCUT2D eigenvalue weighted by Crippen LogP contribution is -2.23. The first kappa shape index (κ1) is 12.5. The van der Waals surface area contributed by atoms with E-state index in [9.17, 15) is 0 Å². The van der Waals surface area contributed by atoms with Crippen LogP contribution in [0.4, 0.5) is 0 Å². The Morgan fingerprint density at radius 1 is 1.39 bits per heavy atom. The van der Waals surface area contributed by atoms with E-state index in [1.165, 1.54) is 17.5 Å². The van der Waals surface area contributed by atoms with E-state index in [1.807, 2.05) is 0 Å². The molecule has 0 aromatic heterocycles. The van der Waals surface area contributed by atoms with Crippen molar-refractivity contribution in [1.29, 1.82) is 0 Å². The first-order chi connectivity index (χ1) is 8.66. The number of rotatable bonds is 2. The van der Waals surface area contributed by atoms with Crippen molar-refractivity contribution in [3.05, 3.63) is 35.4 Å². The Hall–Kier alpha value is -0.530. The molecule has 1 aromatic carbocycles. The first-order valence-electron chi connectivity index (χ1n) is 7.00. The minimum atomic E-state index is 0.280. The topological polar surface area (TPSA) is 9.23 Å². The Balaban J connectivity index is 1.78. The molecule has 0 spiro atoms. The molecular weight excluding hydrogens is 244 g/mol. The quantitative estimate of drug-likeness (QED) is 0.716. The van der Waals surface area contributed by atoms with E-state index in [4.69, 9.17) is 16.3 Å². The number of fused-ring (bicyclic) bond motifs is 1. The van der Waals surface area contributed by atoms with E-state index < -0.39 is 0 Å². The standard InChI is InChI=1S/C16H21ClO/c1-16(8-6-13(17)10-16)11-15-14-5-3-2-4-12(14)7-9-18-15/h2-5,13,15H,6-11H2,1H3. The van der Waals surface area contributed by atoms with Crippen LogP contribution in [0.1, 0.15) is 49.8 Å². The van der Waals surface area contributed by atoms with Crippen LogP contribution in [0.3, 0.4) is 0 Å². The van der Waals surface area contributed by atoms with Gasteiger partial charge in [-0.05, 0) is 48.6 Å². The third-order valence-corrected chi connectivity index (χ3v) is 4.92. The van der Waals surface area contributed by atoms with Crippen LogP contribution in [-0.4, -0.2) is 12.0 Å². The second kappa shape index (κ2) is 4.86. The van der Waals surface area contributed by atoms with E-state index in [1.54, 1.807) is 0 Å². The maximum Gasteiger partial charge on any atom is 0.0832 e. The zero-order chi connectivity index (χ0) is 12.6. The van der Waals surface area contributed by atoms with Crippen LogP contribution in [0.2, 0.25) is 0 Å². The summed E-state index contributed by atoms with van der Waals surface area (Å²) in [5, 5.41) is 0.369. The largest absolute Gasteiger partial charge is 0.373 e. The SMILES string of the molecule is CC1(CC2OCCc3ccccc32)CCC(Cl)C1. The molecule has 1 aliphatic heterocycles. The minimum Gasteiger partial charge on any atom is -0.373 e. The zero-order valence-electron chi connectivity index (χ0n) is 11.0. The van der Waals surface area contributed by atoms with Gasteiger partial charge in [0.2, 0.25) is 0 Å². The van der Waals surface area contributed by atoms with Gasteiger partial charge in [-0.3, -0.25) is 0 Å². The highest BCUT2D eigenvalue weighted by Crippen LogP contribution is 2.47. The Bertz CT molecular complexity index is 431. The van der Waals surface area contributed by atoms with Gasteiger partial charge in [0, 0.05) is 5.38 Å². The predicted octanol–water partition coefficient (Wildman–Crippen LogP) is 4.49. The summed E-state index contributed by atoms with van der Waals surface area (Å²) in [6.45, 7) is 3.23. The predicted molar refractivity (Wildman–Crippen MR) is 75.1 cm³/mol. The lowest BCUT2D eigenvalue weighted by Gasteiger charge is -2.33. The number of benzene rings is 1. The summed E-state index contributed by atoms with van der Waals surface area (Å²) < 4.78 is 6.02. The molecule has 0 radical (unpaired) electrons. The molecule has 1 saturated carbocycles. The van der Waals surface area contributed by atoms with Gasteiger partial charge >= 0.3 is 0 Å². The maximum atomic E-state index is 6.27. The van der Waals surface area contributed by atoms with Gasteiger partial charge in [-0.2, -0.15) is 0 Å². The van der Waals surface area contributed by atoms with Gasteiger partial charge in [-0.1, -0.05) is 31.2 Å². The molecule has 2 heteroatoms. The highest BCUT2D eigenvalue weighted by Gasteiger charge is 2.37. The summed E-state index contributed by atoms with van der Waals surface area (Å²) in [5.74, 6) is 0. The second-order valence-electron chi connectivity index (χ2n) is 6.16. The van der Waals surface area contributed by atoms with Crippen molar-refractivity contribution in [2.24, 2.45) is 5.41 Å². The summed E-state index contributed by atoms with van der Waals surface area (Å²) in [4.78, 5) is 0. The Morgan fingerprint density at radius 2 is 2.22 bits per heavy atom. The monoisotopic (exact) mass is 264 g/mol. The van der Waals surface area contributed by atoms with Crippen molar-refractivity contribution in [3.8, 4) is 0 Å². The molecule has 18 heavy (non-hydrogen) atoms. The molecule has 1 aromatic rings. The summed E-state index contributed by atoms with van der Waals surface area (Å²) in [6, 6.07) is 8.73. The van der Waals surface area contributed by atoms with Gasteiger partial charge in [-0.15, -0.1) is 11.6 Å². The molecule has 98 valence electrons. The van der Waals surface area contributed by atoms with Crippen molar-refractivity contribution in [1.82, 2.24) is 0 Å². The van der Waals surface area contributed by atoms with Gasteiger partial charge in [0.1, 0.15) is 0 Å². The number of hydrogen-bond donors (Lipinski definition) is 0. The molecule has 1 nitrogen and oxygen atoms in total. The number of halogens is 1. The van der Waals surface area contributed by atoms with Gasteiger partial charge in [-0.25, -0.2) is 0 Å². The third kappa shape index (κ3) is 2.44. The molecule has 1 fully saturated rings. The lowest BCUT2D eigenvalue weighted by atomic mass is 9.80. The third-order valence-electron chi connectivity index (χ3n) is 4.55. The molecule has 3 atom stereocenters. The molecule has 0 saturated heterocycles. The molecule has 0 bridgehead atoms. The summed E-state index contributed by atoms with van der Waals surface area (Å²) >= 11 is 6.27. The zero-order valence-corrected chi connectivity index (χ0v) is 11.7. The van der Waals surface area contributed by atoms with Crippen molar-refractivity contribution < 1.29 is 4.74 Å².